The van der Waals surface area contributed by atoms with Gasteiger partial charge < -0.3 is 10.5 Å². The molecule has 112 valence electrons. The molecule has 0 aliphatic rings. The highest BCUT2D eigenvalue weighted by atomic mass is 16.5. The minimum Gasteiger partial charge on any atom is -0.442 e. The molecule has 20 heavy (non-hydrogen) atoms. The molecule has 0 amide bonds. The fourth-order valence-corrected chi connectivity index (χ4v) is 1.95. The average molecular weight is 278 g/mol. The van der Waals surface area contributed by atoms with Gasteiger partial charge in [0.15, 0.2) is 6.54 Å². The highest BCUT2D eigenvalue weighted by Crippen LogP contribution is 2.06. The van der Waals surface area contributed by atoms with Crippen molar-refractivity contribution in [2.45, 2.75) is 33.8 Å². The van der Waals surface area contributed by atoms with Crippen LogP contribution in [-0.4, -0.2) is 43.1 Å². The van der Waals surface area contributed by atoms with E-state index in [-0.39, 0.29) is 6.10 Å². The summed E-state index contributed by atoms with van der Waals surface area (Å²) >= 11 is 0. The van der Waals surface area contributed by atoms with Crippen LogP contribution in [0.2, 0.25) is 0 Å². The molecule has 0 spiro atoms. The molecule has 0 radical (unpaired) electrons. The van der Waals surface area contributed by atoms with Gasteiger partial charge in [-0.3, -0.25) is 4.90 Å². The van der Waals surface area contributed by atoms with Crippen molar-refractivity contribution in [3.63, 3.8) is 0 Å². The van der Waals surface area contributed by atoms with Gasteiger partial charge in [0.05, 0.1) is 18.2 Å². The van der Waals surface area contributed by atoms with Crippen LogP contribution in [0.4, 0.5) is 5.69 Å². The van der Waals surface area contributed by atoms with Gasteiger partial charge in [0, 0.05) is 5.69 Å². The summed E-state index contributed by atoms with van der Waals surface area (Å²) in [5.74, 6) is 0.826. The molecule has 3 N–H and O–H groups in total. The van der Waals surface area contributed by atoms with Crippen molar-refractivity contribution < 1.29 is 9.73 Å². The first-order valence-corrected chi connectivity index (χ1v) is 7.42. The van der Waals surface area contributed by atoms with Crippen molar-refractivity contribution in [1.82, 2.24) is 4.90 Å². The molecular weight excluding hydrogens is 250 g/mol. The van der Waals surface area contributed by atoms with E-state index in [2.05, 4.69) is 23.7 Å². The standard InChI is InChI=1S/C16H27N3O/c1-5-19(6-2)12-11-18-16(20-13(3)4)14-7-9-15(17)10-8-14/h7-10,13H,5-6,11-12,17H2,1-4H3/p+1. The normalized spacial score (nSPS) is 12.2. The minimum atomic E-state index is 0.142. The summed E-state index contributed by atoms with van der Waals surface area (Å²) in [6.07, 6.45) is 0.142. The van der Waals surface area contributed by atoms with Gasteiger partial charge in [-0.15, -0.1) is 0 Å². The van der Waals surface area contributed by atoms with Crippen LogP contribution in [0.15, 0.2) is 24.3 Å². The maximum atomic E-state index is 5.87. The van der Waals surface area contributed by atoms with Crippen molar-refractivity contribution in [1.29, 1.82) is 0 Å². The summed E-state index contributed by atoms with van der Waals surface area (Å²) in [6.45, 7) is 12.4. The summed E-state index contributed by atoms with van der Waals surface area (Å²) in [7, 11) is 0. The highest BCUT2D eigenvalue weighted by molar-refractivity contribution is 5.90. The van der Waals surface area contributed by atoms with E-state index in [0.29, 0.717) is 0 Å². The number of likely N-dealkylation sites (N-methyl/N-ethyl adjacent to an activating group) is 1. The van der Waals surface area contributed by atoms with Crippen molar-refractivity contribution >= 4 is 11.6 Å². The predicted molar refractivity (Wildman–Crippen MR) is 84.8 cm³/mol. The number of benzene rings is 1. The summed E-state index contributed by atoms with van der Waals surface area (Å²) in [5, 5.41) is 0. The predicted octanol–water partition coefficient (Wildman–Crippen LogP) is 0.863. The number of nitrogen functional groups attached to an aromatic ring is 1. The van der Waals surface area contributed by atoms with Crippen molar-refractivity contribution in [2.75, 3.05) is 31.9 Å². The Kier molecular flexibility index (Phi) is 7.09. The van der Waals surface area contributed by atoms with Crippen LogP contribution in [0, 0.1) is 0 Å². The fraction of sp³-hybridized carbons (Fsp3) is 0.562. The lowest BCUT2D eigenvalue weighted by Gasteiger charge is -2.15. The van der Waals surface area contributed by atoms with E-state index in [9.17, 15) is 0 Å². The largest absolute Gasteiger partial charge is 0.442 e. The SMILES string of the molecule is CCN(CC)CC[NH+]=C(OC(C)C)c1ccc(N)cc1. The monoisotopic (exact) mass is 278 g/mol. The van der Waals surface area contributed by atoms with E-state index in [1.165, 1.54) is 0 Å². The molecule has 4 nitrogen and oxygen atoms in total. The average Bonchev–Trinajstić information content (AvgIpc) is 2.43. The Morgan fingerprint density at radius 3 is 2.30 bits per heavy atom. The molecule has 1 aromatic rings. The summed E-state index contributed by atoms with van der Waals surface area (Å²) in [6, 6.07) is 7.76. The van der Waals surface area contributed by atoms with Crippen molar-refractivity contribution in [3.8, 4) is 0 Å². The Bertz CT molecular complexity index is 408. The molecule has 0 atom stereocenters. The van der Waals surface area contributed by atoms with Gasteiger partial charge in [-0.25, -0.2) is 4.99 Å². The highest BCUT2D eigenvalue weighted by Gasteiger charge is 2.13. The van der Waals surface area contributed by atoms with Crippen LogP contribution in [0.3, 0.4) is 0 Å². The lowest BCUT2D eigenvalue weighted by atomic mass is 10.2. The van der Waals surface area contributed by atoms with E-state index in [1.54, 1.807) is 0 Å². The van der Waals surface area contributed by atoms with Crippen LogP contribution in [0.5, 0.6) is 0 Å². The first-order chi connectivity index (χ1) is 9.56. The third kappa shape index (κ3) is 5.61. The van der Waals surface area contributed by atoms with Crippen LogP contribution in [-0.2, 0) is 4.74 Å². The van der Waals surface area contributed by atoms with E-state index in [0.717, 1.165) is 43.3 Å². The molecule has 1 rings (SSSR count). The third-order valence-corrected chi connectivity index (χ3v) is 3.13. The van der Waals surface area contributed by atoms with Gasteiger partial charge in [-0.1, -0.05) is 13.8 Å². The number of hydrogen-bond acceptors (Lipinski definition) is 3. The first-order valence-electron chi connectivity index (χ1n) is 7.42. The first kappa shape index (κ1) is 16.5. The van der Waals surface area contributed by atoms with Gasteiger partial charge in [0.25, 0.3) is 0 Å². The Balaban J connectivity index is 2.75. The van der Waals surface area contributed by atoms with Crippen molar-refractivity contribution in [3.05, 3.63) is 29.8 Å². The molecule has 0 aliphatic carbocycles. The fourth-order valence-electron chi connectivity index (χ4n) is 1.95. The number of nitrogens with one attached hydrogen (secondary N) is 1. The number of ether oxygens (including phenoxy) is 1. The molecule has 0 saturated heterocycles. The lowest BCUT2D eigenvalue weighted by molar-refractivity contribution is -0.467. The Hall–Kier alpha value is -1.55. The number of nitrogens with zero attached hydrogens (tertiary/aromatic N) is 1. The second kappa shape index (κ2) is 8.59. The van der Waals surface area contributed by atoms with E-state index in [4.69, 9.17) is 10.5 Å². The molecule has 0 saturated carbocycles. The lowest BCUT2D eigenvalue weighted by Crippen LogP contribution is -2.76. The van der Waals surface area contributed by atoms with Crippen LogP contribution < -0.4 is 10.7 Å². The quantitative estimate of drug-likeness (QED) is 0.442. The van der Waals surface area contributed by atoms with E-state index in [1.807, 2.05) is 38.1 Å². The minimum absolute atomic E-state index is 0.142. The van der Waals surface area contributed by atoms with Gasteiger partial charge in [-0.2, -0.15) is 0 Å². The van der Waals surface area contributed by atoms with E-state index >= 15 is 0 Å². The zero-order valence-electron chi connectivity index (χ0n) is 13.1. The summed E-state index contributed by atoms with van der Waals surface area (Å²) < 4.78 is 5.87. The molecule has 0 unspecified atom stereocenters. The molecule has 0 bridgehead atoms. The van der Waals surface area contributed by atoms with Gasteiger partial charge >= 0.3 is 5.90 Å². The summed E-state index contributed by atoms with van der Waals surface area (Å²) in [4.78, 5) is 5.78. The van der Waals surface area contributed by atoms with Crippen LogP contribution in [0.1, 0.15) is 33.3 Å². The maximum absolute atomic E-state index is 5.87. The smallest absolute Gasteiger partial charge is 0.368 e. The number of rotatable bonds is 7. The van der Waals surface area contributed by atoms with Crippen molar-refractivity contribution in [2.24, 2.45) is 0 Å². The van der Waals surface area contributed by atoms with Crippen LogP contribution >= 0.6 is 0 Å². The van der Waals surface area contributed by atoms with Crippen LogP contribution in [0.25, 0.3) is 0 Å². The van der Waals surface area contributed by atoms with E-state index < -0.39 is 0 Å². The Labute approximate surface area is 122 Å². The molecule has 0 fully saturated rings. The number of hydrogen-bond donors (Lipinski definition) is 2. The molecular formula is C16H28N3O+. The topological polar surface area (TPSA) is 52.5 Å². The van der Waals surface area contributed by atoms with Gasteiger partial charge in [0.1, 0.15) is 0 Å². The Morgan fingerprint density at radius 1 is 1.20 bits per heavy atom. The van der Waals surface area contributed by atoms with Gasteiger partial charge in [-0.05, 0) is 51.2 Å². The number of anilines is 1. The van der Waals surface area contributed by atoms with Gasteiger partial charge in [0.2, 0.25) is 0 Å². The maximum Gasteiger partial charge on any atom is 0.368 e. The second-order valence-corrected chi connectivity index (χ2v) is 5.07. The zero-order valence-corrected chi connectivity index (χ0v) is 13.1. The molecule has 0 aliphatic heterocycles. The summed E-state index contributed by atoms with van der Waals surface area (Å²) in [5.41, 5.74) is 7.53. The molecule has 0 heterocycles. The molecule has 4 heteroatoms. The molecule has 1 aromatic carbocycles. The third-order valence-electron chi connectivity index (χ3n) is 3.13. The molecule has 0 aromatic heterocycles. The Morgan fingerprint density at radius 2 is 1.80 bits per heavy atom. The number of nitrogens with two attached hydrogens (primary N) is 1. The second-order valence-electron chi connectivity index (χ2n) is 5.07. The zero-order chi connectivity index (χ0) is 15.0.